The molecule has 2 heterocycles. The number of pyridine rings is 1. The van der Waals surface area contributed by atoms with Crippen molar-refractivity contribution in [1.29, 1.82) is 0 Å². The number of aryl methyl sites for hydroxylation is 1. The fourth-order valence-electron chi connectivity index (χ4n) is 2.89. The van der Waals surface area contributed by atoms with E-state index >= 15 is 0 Å². The summed E-state index contributed by atoms with van der Waals surface area (Å²) in [6.07, 6.45) is -2.26. The number of alkyl halides is 3. The number of thiol groups is 1. The molecule has 0 amide bonds. The van der Waals surface area contributed by atoms with Crippen LogP contribution < -0.4 is 4.74 Å². The van der Waals surface area contributed by atoms with Gasteiger partial charge in [0, 0.05) is 24.2 Å². The minimum atomic E-state index is -4.79. The second kappa shape index (κ2) is 7.23. The van der Waals surface area contributed by atoms with Gasteiger partial charge in [-0.3, -0.25) is 4.40 Å². The summed E-state index contributed by atoms with van der Waals surface area (Å²) in [4.78, 5) is -1.89. The first kappa shape index (κ1) is 20.4. The monoisotopic (exact) mass is 417 g/mol. The summed E-state index contributed by atoms with van der Waals surface area (Å²) >= 11 is 4.20. The second-order valence-electron chi connectivity index (χ2n) is 6.32. The summed E-state index contributed by atoms with van der Waals surface area (Å²) in [7, 11) is 0. The molecular formula is C18H16F5N3OS. The Morgan fingerprint density at radius 2 is 1.86 bits per heavy atom. The van der Waals surface area contributed by atoms with Crippen molar-refractivity contribution in [2.24, 2.45) is 0 Å². The quantitative estimate of drug-likeness (QED) is 0.354. The van der Waals surface area contributed by atoms with Gasteiger partial charge in [-0.1, -0.05) is 6.92 Å². The molecule has 1 atom stereocenters. The summed E-state index contributed by atoms with van der Waals surface area (Å²) in [5.74, 6) is -1.93. The van der Waals surface area contributed by atoms with Gasteiger partial charge < -0.3 is 4.74 Å². The van der Waals surface area contributed by atoms with Crippen LogP contribution in [-0.2, 0) is 17.5 Å². The summed E-state index contributed by atoms with van der Waals surface area (Å²) in [5, 5.41) is 7.53. The van der Waals surface area contributed by atoms with Crippen LogP contribution >= 0.6 is 12.6 Å². The Labute approximate surface area is 162 Å². The van der Waals surface area contributed by atoms with Crippen LogP contribution in [0.3, 0.4) is 0 Å². The highest BCUT2D eigenvalue weighted by molar-refractivity contribution is 7.81. The summed E-state index contributed by atoms with van der Waals surface area (Å²) in [6, 6.07) is 3.68. The zero-order valence-corrected chi connectivity index (χ0v) is 15.8. The number of ether oxygens (including phenoxy) is 1. The Morgan fingerprint density at radius 1 is 1.14 bits per heavy atom. The van der Waals surface area contributed by atoms with E-state index in [1.54, 1.807) is 0 Å². The van der Waals surface area contributed by atoms with Gasteiger partial charge in [0.15, 0.2) is 22.1 Å². The van der Waals surface area contributed by atoms with Gasteiger partial charge in [0.05, 0.1) is 0 Å². The molecule has 1 unspecified atom stereocenters. The Balaban J connectivity index is 2.15. The van der Waals surface area contributed by atoms with Crippen LogP contribution in [0.25, 0.3) is 5.65 Å². The van der Waals surface area contributed by atoms with Gasteiger partial charge in [-0.15, -0.1) is 22.8 Å². The smallest absolute Gasteiger partial charge is 0.420 e. The van der Waals surface area contributed by atoms with Crippen LogP contribution in [0.5, 0.6) is 5.75 Å². The molecule has 28 heavy (non-hydrogen) atoms. The zero-order chi connectivity index (χ0) is 20.7. The van der Waals surface area contributed by atoms with E-state index in [0.29, 0.717) is 24.7 Å². The van der Waals surface area contributed by atoms with Crippen molar-refractivity contribution in [3.8, 4) is 5.75 Å². The van der Waals surface area contributed by atoms with E-state index < -0.39 is 39.7 Å². The fourth-order valence-corrected chi connectivity index (χ4v) is 3.18. The van der Waals surface area contributed by atoms with E-state index in [-0.39, 0.29) is 5.56 Å². The predicted octanol–water partition coefficient (Wildman–Crippen LogP) is 5.16. The van der Waals surface area contributed by atoms with E-state index in [2.05, 4.69) is 22.8 Å². The molecule has 3 aromatic rings. The molecule has 0 aliphatic carbocycles. The number of hydrogen-bond donors (Lipinski definition) is 1. The number of benzene rings is 1. The van der Waals surface area contributed by atoms with E-state index in [1.807, 2.05) is 6.92 Å². The maximum atomic E-state index is 13.9. The predicted molar refractivity (Wildman–Crippen MR) is 95.3 cm³/mol. The molecule has 10 heteroatoms. The van der Waals surface area contributed by atoms with Crippen LogP contribution in [0.15, 0.2) is 30.5 Å². The fraction of sp³-hybridized carbons (Fsp3) is 0.333. The van der Waals surface area contributed by atoms with Gasteiger partial charge in [0.2, 0.25) is 0 Å². The molecule has 0 fully saturated rings. The molecule has 0 aliphatic rings. The molecule has 0 radical (unpaired) electrons. The number of nitrogens with zero attached hydrogens (tertiary/aromatic N) is 3. The molecule has 1 aromatic carbocycles. The number of rotatable bonds is 5. The number of hydrogen-bond acceptors (Lipinski definition) is 4. The summed E-state index contributed by atoms with van der Waals surface area (Å²) in [6.45, 7) is 3.11. The van der Waals surface area contributed by atoms with Gasteiger partial charge in [-0.05, 0) is 31.5 Å². The van der Waals surface area contributed by atoms with Crippen molar-refractivity contribution in [2.75, 3.05) is 0 Å². The molecule has 3 rings (SSSR count). The van der Waals surface area contributed by atoms with Gasteiger partial charge in [-0.2, -0.15) is 13.2 Å². The first-order valence-electron chi connectivity index (χ1n) is 8.35. The van der Waals surface area contributed by atoms with Gasteiger partial charge in [-0.25, -0.2) is 8.78 Å². The average molecular weight is 417 g/mol. The molecule has 150 valence electrons. The summed E-state index contributed by atoms with van der Waals surface area (Å²) in [5.41, 5.74) is -1.84. The highest BCUT2D eigenvalue weighted by atomic mass is 32.1. The molecule has 0 N–H and O–H groups in total. The minimum Gasteiger partial charge on any atom is -0.470 e. The molecule has 4 nitrogen and oxygen atoms in total. The minimum absolute atomic E-state index is 0.366. The lowest BCUT2D eigenvalue weighted by molar-refractivity contribution is -0.138. The highest BCUT2D eigenvalue weighted by Gasteiger charge is 2.43. The van der Waals surface area contributed by atoms with Gasteiger partial charge >= 0.3 is 6.18 Å². The SMILES string of the molecule is CCCc1nnc2c(C(F)(F)F)c(C(C)(S)Oc3ccc(F)cc3F)ccn12. The van der Waals surface area contributed by atoms with E-state index in [9.17, 15) is 22.0 Å². The van der Waals surface area contributed by atoms with Crippen LogP contribution in [0, 0.1) is 11.6 Å². The molecule has 0 saturated heterocycles. The van der Waals surface area contributed by atoms with Crippen molar-refractivity contribution >= 4 is 18.3 Å². The third kappa shape index (κ3) is 3.78. The topological polar surface area (TPSA) is 39.4 Å². The molecule has 2 aromatic heterocycles. The highest BCUT2D eigenvalue weighted by Crippen LogP contribution is 2.42. The normalized spacial score (nSPS) is 14.3. The Morgan fingerprint density at radius 3 is 2.46 bits per heavy atom. The lowest BCUT2D eigenvalue weighted by Crippen LogP contribution is -2.28. The van der Waals surface area contributed by atoms with Crippen LogP contribution in [0.4, 0.5) is 22.0 Å². The zero-order valence-electron chi connectivity index (χ0n) is 14.9. The average Bonchev–Trinajstić information content (AvgIpc) is 2.99. The van der Waals surface area contributed by atoms with Crippen molar-refractivity contribution in [2.45, 2.75) is 37.8 Å². The standard InChI is InChI=1S/C18H16F5N3OS/c1-3-4-14-24-25-16-15(18(21,22)23)11(7-8-26(14)16)17(2,28)27-13-6-5-10(19)9-12(13)20/h5-9,28H,3-4H2,1-2H3. The van der Waals surface area contributed by atoms with Gasteiger partial charge in [0.1, 0.15) is 17.2 Å². The Hall–Kier alpha value is -2.36. The van der Waals surface area contributed by atoms with Crippen molar-refractivity contribution in [3.63, 3.8) is 0 Å². The van der Waals surface area contributed by atoms with E-state index in [1.165, 1.54) is 23.6 Å². The molecule has 0 saturated carbocycles. The van der Waals surface area contributed by atoms with E-state index in [0.717, 1.165) is 12.1 Å². The molecule has 0 aliphatic heterocycles. The lowest BCUT2D eigenvalue weighted by Gasteiger charge is -2.29. The second-order valence-corrected chi connectivity index (χ2v) is 7.18. The number of halogens is 5. The molecular weight excluding hydrogens is 401 g/mol. The Bertz CT molecular complexity index is 1020. The van der Waals surface area contributed by atoms with Gasteiger partial charge in [0.25, 0.3) is 0 Å². The number of aromatic nitrogens is 3. The third-order valence-electron chi connectivity index (χ3n) is 4.11. The summed E-state index contributed by atoms with van der Waals surface area (Å²) < 4.78 is 75.3. The maximum Gasteiger partial charge on any atom is 0.420 e. The molecule has 0 bridgehead atoms. The van der Waals surface area contributed by atoms with Crippen LogP contribution in [0.2, 0.25) is 0 Å². The van der Waals surface area contributed by atoms with Crippen molar-refractivity contribution in [1.82, 2.24) is 14.6 Å². The molecule has 0 spiro atoms. The first-order chi connectivity index (χ1) is 13.0. The number of fused-ring (bicyclic) bond motifs is 1. The van der Waals surface area contributed by atoms with Crippen molar-refractivity contribution in [3.05, 3.63) is 59.0 Å². The van der Waals surface area contributed by atoms with Crippen LogP contribution in [-0.4, -0.2) is 14.6 Å². The van der Waals surface area contributed by atoms with E-state index in [4.69, 9.17) is 4.74 Å². The lowest BCUT2D eigenvalue weighted by atomic mass is 10.0. The van der Waals surface area contributed by atoms with Crippen LogP contribution in [0.1, 0.15) is 37.2 Å². The first-order valence-corrected chi connectivity index (χ1v) is 8.80. The third-order valence-corrected chi connectivity index (χ3v) is 4.44. The Kier molecular flexibility index (Phi) is 5.26. The largest absolute Gasteiger partial charge is 0.470 e. The van der Waals surface area contributed by atoms with Crippen molar-refractivity contribution < 1.29 is 26.7 Å². The maximum absolute atomic E-state index is 13.9.